The molecular weight excluding hydrogens is 232 g/mol. The number of rotatable bonds is 1. The molecule has 0 fully saturated rings. The number of anilines is 1. The smallest absolute Gasteiger partial charge is 0.127 e. The van der Waals surface area contributed by atoms with Gasteiger partial charge in [0.15, 0.2) is 0 Å². The molecular formula is C15H13F2N. The van der Waals surface area contributed by atoms with Crippen LogP contribution in [-0.2, 0) is 0 Å². The second-order valence-electron chi connectivity index (χ2n) is 4.52. The van der Waals surface area contributed by atoms with Crippen LogP contribution in [0.4, 0.5) is 14.5 Å². The van der Waals surface area contributed by atoms with Crippen molar-refractivity contribution in [3.63, 3.8) is 0 Å². The van der Waals surface area contributed by atoms with Crippen LogP contribution >= 0.6 is 0 Å². The van der Waals surface area contributed by atoms with Gasteiger partial charge in [0.05, 0.1) is 0 Å². The molecule has 0 aromatic heterocycles. The molecule has 3 heteroatoms. The first kappa shape index (κ1) is 11.2. The summed E-state index contributed by atoms with van der Waals surface area (Å²) >= 11 is 0. The largest absolute Gasteiger partial charge is 0.385 e. The first-order valence-corrected chi connectivity index (χ1v) is 6.03. The lowest BCUT2D eigenvalue weighted by atomic mass is 9.85. The minimum Gasteiger partial charge on any atom is -0.385 e. The number of hydrogen-bond acceptors (Lipinski definition) is 1. The van der Waals surface area contributed by atoms with Crippen molar-refractivity contribution in [3.05, 3.63) is 65.2 Å². The maximum Gasteiger partial charge on any atom is 0.127 e. The maximum atomic E-state index is 13.9. The van der Waals surface area contributed by atoms with E-state index in [1.807, 2.05) is 24.3 Å². The van der Waals surface area contributed by atoms with Crippen LogP contribution in [0.3, 0.4) is 0 Å². The summed E-state index contributed by atoms with van der Waals surface area (Å²) in [6.07, 6.45) is 0.775. The van der Waals surface area contributed by atoms with Gasteiger partial charge in [-0.15, -0.1) is 0 Å². The molecule has 0 radical (unpaired) electrons. The monoisotopic (exact) mass is 245 g/mol. The van der Waals surface area contributed by atoms with Crippen LogP contribution in [0.1, 0.15) is 23.5 Å². The number of halogens is 2. The van der Waals surface area contributed by atoms with Crippen LogP contribution in [-0.4, -0.2) is 6.54 Å². The Morgan fingerprint density at radius 2 is 1.83 bits per heavy atom. The molecule has 1 aliphatic rings. The van der Waals surface area contributed by atoms with Gasteiger partial charge in [-0.3, -0.25) is 0 Å². The van der Waals surface area contributed by atoms with Gasteiger partial charge in [0.2, 0.25) is 0 Å². The molecule has 1 N–H and O–H groups in total. The summed E-state index contributed by atoms with van der Waals surface area (Å²) in [7, 11) is 0. The average Bonchev–Trinajstić information content (AvgIpc) is 2.41. The quantitative estimate of drug-likeness (QED) is 0.803. The molecule has 92 valence electrons. The van der Waals surface area contributed by atoms with Gasteiger partial charge in [0, 0.05) is 18.2 Å². The van der Waals surface area contributed by atoms with Gasteiger partial charge in [0.25, 0.3) is 0 Å². The lowest BCUT2D eigenvalue weighted by Crippen LogP contribution is -2.18. The van der Waals surface area contributed by atoms with E-state index in [9.17, 15) is 8.78 Å². The van der Waals surface area contributed by atoms with Crippen LogP contribution in [0.2, 0.25) is 0 Å². The van der Waals surface area contributed by atoms with Crippen molar-refractivity contribution in [3.8, 4) is 0 Å². The normalized spacial score (nSPS) is 18.0. The molecule has 1 atom stereocenters. The summed E-state index contributed by atoms with van der Waals surface area (Å²) in [4.78, 5) is 0. The van der Waals surface area contributed by atoms with E-state index < -0.39 is 0 Å². The predicted octanol–water partition coefficient (Wildman–Crippen LogP) is 3.91. The second-order valence-corrected chi connectivity index (χ2v) is 4.52. The highest BCUT2D eigenvalue weighted by Gasteiger charge is 2.23. The van der Waals surface area contributed by atoms with Crippen molar-refractivity contribution < 1.29 is 8.78 Å². The van der Waals surface area contributed by atoms with Crippen LogP contribution in [0, 0.1) is 11.6 Å². The minimum atomic E-state index is -0.387. The highest BCUT2D eigenvalue weighted by Crippen LogP contribution is 2.37. The second kappa shape index (κ2) is 4.41. The van der Waals surface area contributed by atoms with Crippen molar-refractivity contribution in [2.75, 3.05) is 11.9 Å². The van der Waals surface area contributed by atoms with Gasteiger partial charge in [-0.2, -0.15) is 0 Å². The first-order chi connectivity index (χ1) is 8.75. The molecule has 0 amide bonds. The molecule has 3 rings (SSSR count). The summed E-state index contributed by atoms with van der Waals surface area (Å²) < 4.78 is 27.2. The van der Waals surface area contributed by atoms with Crippen LogP contribution in [0.15, 0.2) is 42.5 Å². The van der Waals surface area contributed by atoms with E-state index in [0.29, 0.717) is 5.56 Å². The zero-order valence-corrected chi connectivity index (χ0v) is 9.79. The zero-order chi connectivity index (χ0) is 12.5. The highest BCUT2D eigenvalue weighted by molar-refractivity contribution is 5.57. The minimum absolute atomic E-state index is 0.0712. The average molecular weight is 245 g/mol. The molecule has 0 saturated heterocycles. The molecule has 0 bridgehead atoms. The Balaban J connectivity index is 2.11. The van der Waals surface area contributed by atoms with E-state index >= 15 is 0 Å². The van der Waals surface area contributed by atoms with E-state index in [2.05, 4.69) is 5.32 Å². The molecule has 0 saturated carbocycles. The number of fused-ring (bicyclic) bond motifs is 1. The van der Waals surface area contributed by atoms with Crippen molar-refractivity contribution in [1.82, 2.24) is 0 Å². The van der Waals surface area contributed by atoms with Crippen molar-refractivity contribution in [2.24, 2.45) is 0 Å². The third kappa shape index (κ3) is 1.86. The van der Waals surface area contributed by atoms with Gasteiger partial charge >= 0.3 is 0 Å². The Morgan fingerprint density at radius 1 is 1.00 bits per heavy atom. The van der Waals surface area contributed by atoms with E-state index in [1.165, 1.54) is 12.1 Å². The number of para-hydroxylation sites is 1. The lowest BCUT2D eigenvalue weighted by molar-refractivity contribution is 0.566. The fourth-order valence-corrected chi connectivity index (χ4v) is 2.57. The highest BCUT2D eigenvalue weighted by atomic mass is 19.1. The lowest BCUT2D eigenvalue weighted by Gasteiger charge is -2.27. The van der Waals surface area contributed by atoms with Gasteiger partial charge in [-0.05, 0) is 41.8 Å². The fourth-order valence-electron chi connectivity index (χ4n) is 2.57. The standard InChI is InChI=1S/C15H13F2N/c16-10-5-6-14(17)13(9-10)11-7-8-18-15-4-2-1-3-12(11)15/h1-6,9,11,18H,7-8H2. The predicted molar refractivity (Wildman–Crippen MR) is 67.7 cm³/mol. The Kier molecular flexibility index (Phi) is 2.74. The summed E-state index contributed by atoms with van der Waals surface area (Å²) in [6.45, 7) is 0.775. The van der Waals surface area contributed by atoms with Crippen LogP contribution in [0.25, 0.3) is 0 Å². The van der Waals surface area contributed by atoms with Gasteiger partial charge < -0.3 is 5.32 Å². The molecule has 1 unspecified atom stereocenters. The molecule has 0 aliphatic carbocycles. The van der Waals surface area contributed by atoms with Crippen LogP contribution in [0.5, 0.6) is 0 Å². The maximum absolute atomic E-state index is 13.9. The summed E-state index contributed by atoms with van der Waals surface area (Å²) in [5.41, 5.74) is 2.50. The molecule has 0 spiro atoms. The Labute approximate surface area is 104 Å². The molecule has 1 heterocycles. The Hall–Kier alpha value is -1.90. The molecule has 1 aliphatic heterocycles. The molecule has 1 nitrogen and oxygen atoms in total. The van der Waals surface area contributed by atoms with Crippen molar-refractivity contribution >= 4 is 5.69 Å². The Morgan fingerprint density at radius 3 is 2.72 bits per heavy atom. The van der Waals surface area contributed by atoms with Gasteiger partial charge in [-0.1, -0.05) is 18.2 Å². The zero-order valence-electron chi connectivity index (χ0n) is 9.79. The van der Waals surface area contributed by atoms with E-state index in [4.69, 9.17) is 0 Å². The molecule has 18 heavy (non-hydrogen) atoms. The SMILES string of the molecule is Fc1ccc(F)c(C2CCNc3ccccc32)c1. The summed E-state index contributed by atoms with van der Waals surface area (Å²) in [5, 5.41) is 3.28. The van der Waals surface area contributed by atoms with E-state index in [1.54, 1.807) is 0 Å². The number of hydrogen-bond donors (Lipinski definition) is 1. The molecule has 2 aromatic rings. The Bertz CT molecular complexity index is 580. The van der Waals surface area contributed by atoms with Crippen molar-refractivity contribution in [1.29, 1.82) is 0 Å². The topological polar surface area (TPSA) is 12.0 Å². The number of nitrogens with one attached hydrogen (secondary N) is 1. The molecule has 2 aromatic carbocycles. The van der Waals surface area contributed by atoms with Crippen molar-refractivity contribution in [2.45, 2.75) is 12.3 Å². The van der Waals surface area contributed by atoms with Gasteiger partial charge in [0.1, 0.15) is 11.6 Å². The fraction of sp³-hybridized carbons (Fsp3) is 0.200. The van der Waals surface area contributed by atoms with E-state index in [0.717, 1.165) is 30.3 Å². The third-order valence-electron chi connectivity index (χ3n) is 3.42. The summed E-state index contributed by atoms with van der Waals surface area (Å²) in [5.74, 6) is -0.793. The summed E-state index contributed by atoms with van der Waals surface area (Å²) in [6, 6.07) is 11.5. The first-order valence-electron chi connectivity index (χ1n) is 6.03. The van der Waals surface area contributed by atoms with E-state index in [-0.39, 0.29) is 17.6 Å². The van der Waals surface area contributed by atoms with Crippen LogP contribution < -0.4 is 5.32 Å². The third-order valence-corrected chi connectivity index (χ3v) is 3.42. The number of benzene rings is 2. The van der Waals surface area contributed by atoms with Gasteiger partial charge in [-0.25, -0.2) is 8.78 Å².